The molecule has 19 heavy (non-hydrogen) atoms. The number of thiocarbonyl (C=S) groups is 1. The number of nitrogens with one attached hydrogen (secondary N) is 1. The number of anilines is 1. The third kappa shape index (κ3) is 3.25. The highest BCUT2D eigenvalue weighted by molar-refractivity contribution is 7.91. The van der Waals surface area contributed by atoms with Crippen LogP contribution >= 0.6 is 12.2 Å². The fourth-order valence-corrected chi connectivity index (χ4v) is 4.80. The summed E-state index contributed by atoms with van der Waals surface area (Å²) in [6, 6.07) is 5.70. The van der Waals surface area contributed by atoms with Crippen LogP contribution in [0.15, 0.2) is 18.2 Å². The summed E-state index contributed by atoms with van der Waals surface area (Å²) in [4.78, 5) is 0.374. The SMILES string of the molecule is Cc1cc(NC2(C)CCS(=O)(=O)C2)ccc1C(N)=S. The molecule has 1 saturated heterocycles. The summed E-state index contributed by atoms with van der Waals surface area (Å²) in [7, 11) is -2.91. The van der Waals surface area contributed by atoms with E-state index < -0.39 is 15.4 Å². The zero-order valence-corrected chi connectivity index (χ0v) is 12.7. The van der Waals surface area contributed by atoms with E-state index in [1.807, 2.05) is 32.0 Å². The van der Waals surface area contributed by atoms with Gasteiger partial charge in [0.15, 0.2) is 9.84 Å². The van der Waals surface area contributed by atoms with Gasteiger partial charge in [-0.1, -0.05) is 12.2 Å². The van der Waals surface area contributed by atoms with Crippen molar-refractivity contribution in [2.45, 2.75) is 25.8 Å². The highest BCUT2D eigenvalue weighted by Gasteiger charge is 2.38. The molecule has 0 spiro atoms. The molecule has 1 unspecified atom stereocenters. The van der Waals surface area contributed by atoms with Crippen LogP contribution in [0, 0.1) is 6.92 Å². The van der Waals surface area contributed by atoms with E-state index in [2.05, 4.69) is 5.32 Å². The van der Waals surface area contributed by atoms with Crippen molar-refractivity contribution in [2.75, 3.05) is 16.8 Å². The first-order chi connectivity index (χ1) is 8.71. The molecule has 0 aliphatic carbocycles. The summed E-state index contributed by atoms with van der Waals surface area (Å²) in [6.07, 6.45) is 0.630. The Balaban J connectivity index is 2.21. The Morgan fingerprint density at radius 2 is 2.16 bits per heavy atom. The Bertz CT molecular complexity index is 626. The maximum atomic E-state index is 11.6. The van der Waals surface area contributed by atoms with Gasteiger partial charge in [0, 0.05) is 16.8 Å². The molecular weight excluding hydrogens is 280 g/mol. The van der Waals surface area contributed by atoms with Gasteiger partial charge in [0.25, 0.3) is 0 Å². The predicted molar refractivity (Wildman–Crippen MR) is 82.4 cm³/mol. The fourth-order valence-electron chi connectivity index (χ4n) is 2.48. The molecule has 1 heterocycles. The van der Waals surface area contributed by atoms with Crippen LogP contribution in [0.5, 0.6) is 0 Å². The molecule has 1 aliphatic heterocycles. The van der Waals surface area contributed by atoms with Gasteiger partial charge in [0.05, 0.1) is 11.5 Å². The average Bonchev–Trinajstić information content (AvgIpc) is 2.52. The van der Waals surface area contributed by atoms with E-state index in [0.29, 0.717) is 11.4 Å². The van der Waals surface area contributed by atoms with Crippen molar-refractivity contribution in [2.24, 2.45) is 5.73 Å². The maximum Gasteiger partial charge on any atom is 0.152 e. The Morgan fingerprint density at radius 1 is 1.47 bits per heavy atom. The molecule has 1 aromatic carbocycles. The second-order valence-corrected chi connectivity index (χ2v) is 8.05. The molecule has 1 aromatic rings. The molecule has 4 nitrogen and oxygen atoms in total. The van der Waals surface area contributed by atoms with Crippen LogP contribution in [-0.2, 0) is 9.84 Å². The van der Waals surface area contributed by atoms with Crippen LogP contribution in [0.2, 0.25) is 0 Å². The smallest absolute Gasteiger partial charge is 0.152 e. The molecule has 1 fully saturated rings. The van der Waals surface area contributed by atoms with Gasteiger partial charge < -0.3 is 11.1 Å². The van der Waals surface area contributed by atoms with Crippen LogP contribution < -0.4 is 11.1 Å². The third-order valence-electron chi connectivity index (χ3n) is 3.44. The number of benzene rings is 1. The number of hydrogen-bond acceptors (Lipinski definition) is 4. The fraction of sp³-hybridized carbons (Fsp3) is 0.462. The molecule has 6 heteroatoms. The molecule has 0 saturated carbocycles. The van der Waals surface area contributed by atoms with Gasteiger partial charge in [0.2, 0.25) is 0 Å². The molecule has 0 bridgehead atoms. The van der Waals surface area contributed by atoms with Gasteiger partial charge in [-0.15, -0.1) is 0 Å². The lowest BCUT2D eigenvalue weighted by Gasteiger charge is -2.25. The predicted octanol–water partition coefficient (Wildman–Crippen LogP) is 1.62. The highest BCUT2D eigenvalue weighted by atomic mass is 32.2. The normalized spacial score (nSPS) is 25.2. The lowest BCUT2D eigenvalue weighted by Crippen LogP contribution is -2.35. The summed E-state index contributed by atoms with van der Waals surface area (Å²) in [6.45, 7) is 3.88. The Morgan fingerprint density at radius 3 is 2.63 bits per heavy atom. The lowest BCUT2D eigenvalue weighted by molar-refractivity contribution is 0.574. The van der Waals surface area contributed by atoms with Crippen molar-refractivity contribution < 1.29 is 8.42 Å². The van der Waals surface area contributed by atoms with Crippen LogP contribution in [0.4, 0.5) is 5.69 Å². The minimum atomic E-state index is -2.91. The number of hydrogen-bond donors (Lipinski definition) is 2. The van der Waals surface area contributed by atoms with E-state index in [1.165, 1.54) is 0 Å². The zero-order valence-electron chi connectivity index (χ0n) is 11.1. The third-order valence-corrected chi connectivity index (χ3v) is 5.56. The highest BCUT2D eigenvalue weighted by Crippen LogP contribution is 2.28. The van der Waals surface area contributed by atoms with Gasteiger partial charge >= 0.3 is 0 Å². The van der Waals surface area contributed by atoms with Crippen LogP contribution in [0.1, 0.15) is 24.5 Å². The van der Waals surface area contributed by atoms with E-state index in [-0.39, 0.29) is 11.5 Å². The molecule has 104 valence electrons. The Hall–Kier alpha value is -1.14. The minimum Gasteiger partial charge on any atom is -0.389 e. The molecule has 0 aromatic heterocycles. The summed E-state index contributed by atoms with van der Waals surface area (Å²) in [5, 5.41) is 3.32. The van der Waals surface area contributed by atoms with E-state index in [9.17, 15) is 8.42 Å². The summed E-state index contributed by atoms with van der Waals surface area (Å²) < 4.78 is 23.1. The van der Waals surface area contributed by atoms with Crippen LogP contribution in [-0.4, -0.2) is 30.5 Å². The molecular formula is C13H18N2O2S2. The van der Waals surface area contributed by atoms with Crippen LogP contribution in [0.3, 0.4) is 0 Å². The van der Waals surface area contributed by atoms with Crippen molar-refractivity contribution in [1.82, 2.24) is 0 Å². The number of rotatable bonds is 3. The van der Waals surface area contributed by atoms with Gasteiger partial charge in [-0.3, -0.25) is 0 Å². The van der Waals surface area contributed by atoms with Crippen molar-refractivity contribution >= 4 is 32.7 Å². The monoisotopic (exact) mass is 298 g/mol. The van der Waals surface area contributed by atoms with Gasteiger partial charge in [-0.05, 0) is 44.0 Å². The first-order valence-corrected chi connectivity index (χ1v) is 8.33. The molecule has 0 amide bonds. The second kappa shape index (κ2) is 4.76. The molecule has 0 radical (unpaired) electrons. The Labute approximate surface area is 119 Å². The van der Waals surface area contributed by atoms with Crippen molar-refractivity contribution in [3.63, 3.8) is 0 Å². The maximum absolute atomic E-state index is 11.6. The summed E-state index contributed by atoms with van der Waals surface area (Å²) >= 11 is 4.97. The summed E-state index contributed by atoms with van der Waals surface area (Å²) in [5.41, 5.74) is 7.97. The van der Waals surface area contributed by atoms with E-state index >= 15 is 0 Å². The van der Waals surface area contributed by atoms with Gasteiger partial charge in [-0.25, -0.2) is 8.42 Å². The topological polar surface area (TPSA) is 72.2 Å². The first-order valence-electron chi connectivity index (χ1n) is 6.10. The summed E-state index contributed by atoms with van der Waals surface area (Å²) in [5.74, 6) is 0.427. The first kappa shape index (κ1) is 14.3. The van der Waals surface area contributed by atoms with E-state index in [1.54, 1.807) is 0 Å². The van der Waals surface area contributed by atoms with Gasteiger partial charge in [0.1, 0.15) is 4.99 Å². The minimum absolute atomic E-state index is 0.177. The van der Waals surface area contributed by atoms with Crippen molar-refractivity contribution in [3.8, 4) is 0 Å². The number of aryl methyl sites for hydroxylation is 1. The van der Waals surface area contributed by atoms with Gasteiger partial charge in [-0.2, -0.15) is 0 Å². The number of nitrogens with two attached hydrogens (primary N) is 1. The standard InChI is InChI=1S/C13H18N2O2S2/c1-9-7-10(3-4-11(9)12(14)18)15-13(2)5-6-19(16,17)8-13/h3-4,7,15H,5-6,8H2,1-2H3,(H2,14,18). The lowest BCUT2D eigenvalue weighted by atomic mass is 10.0. The second-order valence-electron chi connectivity index (χ2n) is 5.42. The largest absolute Gasteiger partial charge is 0.389 e. The Kier molecular flexibility index (Phi) is 3.57. The number of sulfone groups is 1. The average molecular weight is 298 g/mol. The van der Waals surface area contributed by atoms with Crippen LogP contribution in [0.25, 0.3) is 0 Å². The molecule has 3 N–H and O–H groups in total. The molecule has 1 aliphatic rings. The van der Waals surface area contributed by atoms with Crippen molar-refractivity contribution in [3.05, 3.63) is 29.3 Å². The quantitative estimate of drug-likeness (QED) is 0.830. The van der Waals surface area contributed by atoms with E-state index in [0.717, 1.165) is 16.8 Å². The molecule has 2 rings (SSSR count). The molecule has 1 atom stereocenters. The zero-order chi connectivity index (χ0) is 14.3. The van der Waals surface area contributed by atoms with Crippen molar-refractivity contribution in [1.29, 1.82) is 0 Å². The van der Waals surface area contributed by atoms with E-state index in [4.69, 9.17) is 18.0 Å².